The van der Waals surface area contributed by atoms with Gasteiger partial charge in [0.2, 0.25) is 5.91 Å². The molecule has 0 spiro atoms. The standard InChI is InChI=1S/C14H19BrN2O/c15-11-5-3-4-10(8-11)12-9-13(12)14(18)17-7-2-1-6-16/h3-5,8,12-13H,1-2,6-7,9,16H2,(H,17,18). The summed E-state index contributed by atoms with van der Waals surface area (Å²) in [5.74, 6) is 0.756. The van der Waals surface area contributed by atoms with E-state index in [1.807, 2.05) is 12.1 Å². The van der Waals surface area contributed by atoms with Gasteiger partial charge in [0.25, 0.3) is 0 Å². The third-order valence-electron chi connectivity index (χ3n) is 3.33. The summed E-state index contributed by atoms with van der Waals surface area (Å²) in [6, 6.07) is 8.23. The fourth-order valence-electron chi connectivity index (χ4n) is 2.20. The van der Waals surface area contributed by atoms with Crippen LogP contribution in [-0.2, 0) is 4.79 Å². The van der Waals surface area contributed by atoms with Crippen LogP contribution in [0.15, 0.2) is 28.7 Å². The predicted octanol–water partition coefficient (Wildman–Crippen LogP) is 2.41. The van der Waals surface area contributed by atoms with Gasteiger partial charge in [0.05, 0.1) is 0 Å². The molecule has 4 heteroatoms. The van der Waals surface area contributed by atoms with Gasteiger partial charge in [0, 0.05) is 16.9 Å². The fourth-order valence-corrected chi connectivity index (χ4v) is 2.62. The molecule has 2 rings (SSSR count). The van der Waals surface area contributed by atoms with Gasteiger partial charge in [-0.2, -0.15) is 0 Å². The summed E-state index contributed by atoms with van der Waals surface area (Å²) in [5, 5.41) is 2.99. The molecule has 98 valence electrons. The van der Waals surface area contributed by atoms with Crippen LogP contribution in [0.25, 0.3) is 0 Å². The van der Waals surface area contributed by atoms with E-state index >= 15 is 0 Å². The van der Waals surface area contributed by atoms with Crippen LogP contribution >= 0.6 is 15.9 Å². The summed E-state index contributed by atoms with van der Waals surface area (Å²) in [7, 11) is 0. The number of nitrogens with two attached hydrogens (primary N) is 1. The van der Waals surface area contributed by atoms with Crippen molar-refractivity contribution in [1.29, 1.82) is 0 Å². The van der Waals surface area contributed by atoms with E-state index in [0.29, 0.717) is 12.5 Å². The molecule has 1 amide bonds. The van der Waals surface area contributed by atoms with Gasteiger partial charge in [0.1, 0.15) is 0 Å². The summed E-state index contributed by atoms with van der Waals surface area (Å²) in [4.78, 5) is 11.9. The SMILES string of the molecule is NCCCCNC(=O)C1CC1c1cccc(Br)c1. The zero-order chi connectivity index (χ0) is 13.0. The smallest absolute Gasteiger partial charge is 0.223 e. The van der Waals surface area contributed by atoms with Crippen LogP contribution in [0.3, 0.4) is 0 Å². The number of benzene rings is 1. The molecule has 18 heavy (non-hydrogen) atoms. The quantitative estimate of drug-likeness (QED) is 0.793. The molecule has 1 aromatic carbocycles. The zero-order valence-electron chi connectivity index (χ0n) is 10.4. The van der Waals surface area contributed by atoms with Gasteiger partial charge in [-0.05, 0) is 49.4 Å². The second-order valence-corrected chi connectivity index (χ2v) is 5.71. The van der Waals surface area contributed by atoms with E-state index in [1.54, 1.807) is 0 Å². The fraction of sp³-hybridized carbons (Fsp3) is 0.500. The Labute approximate surface area is 116 Å². The van der Waals surface area contributed by atoms with Gasteiger partial charge < -0.3 is 11.1 Å². The minimum atomic E-state index is 0.164. The Morgan fingerprint density at radius 3 is 3.00 bits per heavy atom. The Morgan fingerprint density at radius 1 is 1.44 bits per heavy atom. The molecule has 3 nitrogen and oxygen atoms in total. The Balaban J connectivity index is 1.78. The molecule has 1 saturated carbocycles. The molecular formula is C14H19BrN2O. The van der Waals surface area contributed by atoms with Gasteiger partial charge in [0.15, 0.2) is 0 Å². The highest BCUT2D eigenvalue weighted by Gasteiger charge is 2.43. The zero-order valence-corrected chi connectivity index (χ0v) is 11.9. The van der Waals surface area contributed by atoms with Crippen LogP contribution in [0.4, 0.5) is 0 Å². The molecule has 1 aromatic rings. The summed E-state index contributed by atoms with van der Waals surface area (Å²) in [6.07, 6.45) is 2.91. The Bertz CT molecular complexity index is 422. The van der Waals surface area contributed by atoms with Crippen LogP contribution in [0.2, 0.25) is 0 Å². The summed E-state index contributed by atoms with van der Waals surface area (Å²) in [6.45, 7) is 1.44. The largest absolute Gasteiger partial charge is 0.356 e. The van der Waals surface area contributed by atoms with Crippen LogP contribution in [0.5, 0.6) is 0 Å². The van der Waals surface area contributed by atoms with Crippen molar-refractivity contribution in [2.45, 2.75) is 25.2 Å². The minimum absolute atomic E-state index is 0.164. The first-order valence-corrected chi connectivity index (χ1v) is 7.25. The number of nitrogens with one attached hydrogen (secondary N) is 1. The number of halogens is 1. The van der Waals surface area contributed by atoms with E-state index in [-0.39, 0.29) is 11.8 Å². The third kappa shape index (κ3) is 3.56. The summed E-state index contributed by atoms with van der Waals surface area (Å²) >= 11 is 3.46. The Morgan fingerprint density at radius 2 is 2.28 bits per heavy atom. The van der Waals surface area contributed by atoms with E-state index in [4.69, 9.17) is 5.73 Å². The first-order valence-electron chi connectivity index (χ1n) is 6.45. The highest BCUT2D eigenvalue weighted by Crippen LogP contribution is 2.47. The van der Waals surface area contributed by atoms with Gasteiger partial charge in [-0.3, -0.25) is 4.79 Å². The monoisotopic (exact) mass is 310 g/mol. The van der Waals surface area contributed by atoms with Crippen LogP contribution in [0, 0.1) is 5.92 Å². The molecule has 0 aromatic heterocycles. The average molecular weight is 311 g/mol. The number of unbranched alkanes of at least 4 members (excludes halogenated alkanes) is 1. The number of hydrogen-bond donors (Lipinski definition) is 2. The molecule has 0 bridgehead atoms. The molecule has 3 N–H and O–H groups in total. The second kappa shape index (κ2) is 6.34. The molecule has 0 radical (unpaired) electrons. The number of carbonyl (C=O) groups excluding carboxylic acids is 1. The van der Waals surface area contributed by atoms with E-state index < -0.39 is 0 Å². The number of carbonyl (C=O) groups is 1. The van der Waals surface area contributed by atoms with Gasteiger partial charge in [-0.25, -0.2) is 0 Å². The first kappa shape index (κ1) is 13.6. The number of amides is 1. The lowest BCUT2D eigenvalue weighted by Crippen LogP contribution is -2.26. The normalized spacial score (nSPS) is 21.7. The Hall–Kier alpha value is -0.870. The van der Waals surface area contributed by atoms with Crippen molar-refractivity contribution in [3.05, 3.63) is 34.3 Å². The van der Waals surface area contributed by atoms with Crippen molar-refractivity contribution in [2.75, 3.05) is 13.1 Å². The molecule has 1 aliphatic rings. The van der Waals surface area contributed by atoms with Gasteiger partial charge in [-0.15, -0.1) is 0 Å². The van der Waals surface area contributed by atoms with Gasteiger partial charge in [-0.1, -0.05) is 28.1 Å². The molecular weight excluding hydrogens is 292 g/mol. The molecule has 1 aliphatic carbocycles. The lowest BCUT2D eigenvalue weighted by molar-refractivity contribution is -0.122. The maximum atomic E-state index is 11.9. The molecule has 0 heterocycles. The molecule has 0 saturated heterocycles. The van der Waals surface area contributed by atoms with Crippen molar-refractivity contribution in [3.8, 4) is 0 Å². The minimum Gasteiger partial charge on any atom is -0.356 e. The number of rotatable bonds is 6. The van der Waals surface area contributed by atoms with Crippen molar-refractivity contribution in [3.63, 3.8) is 0 Å². The van der Waals surface area contributed by atoms with Crippen LogP contribution in [-0.4, -0.2) is 19.0 Å². The summed E-state index contributed by atoms with van der Waals surface area (Å²) in [5.41, 5.74) is 6.67. The average Bonchev–Trinajstić information content (AvgIpc) is 3.15. The van der Waals surface area contributed by atoms with Gasteiger partial charge >= 0.3 is 0 Å². The van der Waals surface area contributed by atoms with Crippen molar-refractivity contribution in [1.82, 2.24) is 5.32 Å². The van der Waals surface area contributed by atoms with E-state index in [0.717, 1.165) is 30.3 Å². The summed E-state index contributed by atoms with van der Waals surface area (Å²) < 4.78 is 1.08. The first-order chi connectivity index (χ1) is 8.72. The maximum absolute atomic E-state index is 11.9. The second-order valence-electron chi connectivity index (χ2n) is 4.79. The third-order valence-corrected chi connectivity index (χ3v) is 3.83. The Kier molecular flexibility index (Phi) is 4.78. The maximum Gasteiger partial charge on any atom is 0.223 e. The lowest BCUT2D eigenvalue weighted by atomic mass is 10.1. The molecule has 1 fully saturated rings. The van der Waals surface area contributed by atoms with Crippen LogP contribution in [0.1, 0.15) is 30.7 Å². The highest BCUT2D eigenvalue weighted by molar-refractivity contribution is 9.10. The van der Waals surface area contributed by atoms with Crippen molar-refractivity contribution >= 4 is 21.8 Å². The predicted molar refractivity (Wildman–Crippen MR) is 76.3 cm³/mol. The molecule has 2 atom stereocenters. The topological polar surface area (TPSA) is 55.1 Å². The van der Waals surface area contributed by atoms with Crippen molar-refractivity contribution in [2.24, 2.45) is 11.7 Å². The van der Waals surface area contributed by atoms with E-state index in [2.05, 4.69) is 33.4 Å². The van der Waals surface area contributed by atoms with E-state index in [9.17, 15) is 4.79 Å². The lowest BCUT2D eigenvalue weighted by Gasteiger charge is -2.04. The van der Waals surface area contributed by atoms with Crippen molar-refractivity contribution < 1.29 is 4.79 Å². The van der Waals surface area contributed by atoms with E-state index in [1.165, 1.54) is 5.56 Å². The van der Waals surface area contributed by atoms with Crippen LogP contribution < -0.4 is 11.1 Å². The number of hydrogen-bond acceptors (Lipinski definition) is 2. The molecule has 0 aliphatic heterocycles. The highest BCUT2D eigenvalue weighted by atomic mass is 79.9. The molecule has 2 unspecified atom stereocenters.